The van der Waals surface area contributed by atoms with E-state index in [1.54, 1.807) is 13.2 Å². The lowest BCUT2D eigenvalue weighted by molar-refractivity contribution is -0.121. The van der Waals surface area contributed by atoms with Crippen LogP contribution in [-0.4, -0.2) is 25.5 Å². The van der Waals surface area contributed by atoms with Gasteiger partial charge in [0.05, 0.1) is 12.7 Å². The average Bonchev–Trinajstić information content (AvgIpc) is 2.60. The van der Waals surface area contributed by atoms with Gasteiger partial charge in [0.25, 0.3) is 5.91 Å². The third kappa shape index (κ3) is 5.27. The summed E-state index contributed by atoms with van der Waals surface area (Å²) in [6.07, 6.45) is 0.0315. The fourth-order valence-electron chi connectivity index (χ4n) is 2.19. The number of benzene rings is 2. The number of methoxy groups -OCH3 is 1. The molecular weight excluding hydrogens is 330 g/mol. The molecule has 5 nitrogen and oxygen atoms in total. The zero-order valence-electron chi connectivity index (χ0n) is 13.6. The van der Waals surface area contributed by atoms with E-state index in [0.29, 0.717) is 18.4 Å². The highest BCUT2D eigenvalue weighted by Crippen LogP contribution is 2.16. The Bertz CT molecular complexity index is 766. The second-order valence-corrected chi connectivity index (χ2v) is 5.22. The van der Waals surface area contributed by atoms with E-state index in [4.69, 9.17) is 4.74 Å². The minimum absolute atomic E-state index is 0.0315. The van der Waals surface area contributed by atoms with Crippen molar-refractivity contribution in [2.45, 2.75) is 13.0 Å². The molecule has 0 bridgehead atoms. The molecular formula is C18H18F2N2O3. The number of nitrogens with one attached hydrogen (secondary N) is 2. The first-order valence-corrected chi connectivity index (χ1v) is 7.63. The normalized spacial score (nSPS) is 10.2. The molecule has 2 aromatic carbocycles. The lowest BCUT2D eigenvalue weighted by atomic mass is 10.2. The Morgan fingerprint density at radius 1 is 1.08 bits per heavy atom. The van der Waals surface area contributed by atoms with Crippen LogP contribution >= 0.6 is 0 Å². The van der Waals surface area contributed by atoms with E-state index in [0.717, 1.165) is 17.7 Å². The van der Waals surface area contributed by atoms with Crippen molar-refractivity contribution in [1.82, 2.24) is 10.6 Å². The van der Waals surface area contributed by atoms with Crippen molar-refractivity contribution in [3.63, 3.8) is 0 Å². The van der Waals surface area contributed by atoms with Crippen LogP contribution in [0.25, 0.3) is 0 Å². The molecule has 0 saturated carbocycles. The molecule has 0 saturated heterocycles. The highest BCUT2D eigenvalue weighted by Gasteiger charge is 2.12. The second-order valence-electron chi connectivity index (χ2n) is 5.22. The third-order valence-electron chi connectivity index (χ3n) is 3.48. The number of rotatable bonds is 7. The lowest BCUT2D eigenvalue weighted by Crippen LogP contribution is -2.31. The van der Waals surface area contributed by atoms with E-state index in [9.17, 15) is 18.4 Å². The number of ether oxygens (including phenoxy) is 1. The molecule has 2 aromatic rings. The Morgan fingerprint density at radius 3 is 2.56 bits per heavy atom. The monoisotopic (exact) mass is 348 g/mol. The fraction of sp³-hybridized carbons (Fsp3) is 0.222. The molecule has 0 aliphatic carbocycles. The lowest BCUT2D eigenvalue weighted by Gasteiger charge is -2.10. The molecule has 0 unspecified atom stereocenters. The van der Waals surface area contributed by atoms with Crippen molar-refractivity contribution in [2.75, 3.05) is 13.7 Å². The summed E-state index contributed by atoms with van der Waals surface area (Å²) in [6.45, 7) is 0.330. The maximum atomic E-state index is 13.5. The van der Waals surface area contributed by atoms with Gasteiger partial charge in [0, 0.05) is 31.1 Å². The number of halogens is 2. The van der Waals surface area contributed by atoms with Crippen molar-refractivity contribution in [1.29, 1.82) is 0 Å². The molecule has 0 atom stereocenters. The number of carbonyl (C=O) groups excluding carboxylic acids is 2. The molecule has 0 aliphatic heterocycles. The summed E-state index contributed by atoms with van der Waals surface area (Å²) in [5, 5.41) is 5.14. The average molecular weight is 348 g/mol. The molecule has 0 aliphatic rings. The van der Waals surface area contributed by atoms with Crippen LogP contribution in [0.5, 0.6) is 5.75 Å². The number of hydrogen-bond acceptors (Lipinski definition) is 3. The standard InChI is InChI=1S/C18H18F2N2O3/c1-25-16-5-3-2-4-12(16)11-22-17(23)8-9-21-18(24)14-7-6-13(19)10-15(14)20/h2-7,10H,8-9,11H2,1H3,(H,21,24)(H,22,23). The first-order valence-electron chi connectivity index (χ1n) is 7.63. The van der Waals surface area contributed by atoms with E-state index >= 15 is 0 Å². The largest absolute Gasteiger partial charge is 0.496 e. The van der Waals surface area contributed by atoms with Gasteiger partial charge in [-0.15, -0.1) is 0 Å². The van der Waals surface area contributed by atoms with E-state index in [-0.39, 0.29) is 24.4 Å². The van der Waals surface area contributed by atoms with Crippen LogP contribution in [0.4, 0.5) is 8.78 Å². The molecule has 132 valence electrons. The van der Waals surface area contributed by atoms with Gasteiger partial charge in [-0.25, -0.2) is 8.78 Å². The van der Waals surface area contributed by atoms with Gasteiger partial charge in [0.1, 0.15) is 17.4 Å². The number of hydrogen-bond donors (Lipinski definition) is 2. The molecule has 0 heterocycles. The number of carbonyl (C=O) groups is 2. The Balaban J connectivity index is 1.77. The summed E-state index contributed by atoms with van der Waals surface area (Å²) in [5.74, 6) is -2.01. The molecule has 7 heteroatoms. The molecule has 0 fully saturated rings. The van der Waals surface area contributed by atoms with Crippen LogP contribution in [-0.2, 0) is 11.3 Å². The van der Waals surface area contributed by atoms with Crippen molar-refractivity contribution in [2.24, 2.45) is 0 Å². The first kappa shape index (κ1) is 18.4. The summed E-state index contributed by atoms with van der Waals surface area (Å²) in [6, 6.07) is 9.97. The molecule has 2 rings (SSSR count). The van der Waals surface area contributed by atoms with Gasteiger partial charge in [-0.3, -0.25) is 9.59 Å². The van der Waals surface area contributed by atoms with E-state index < -0.39 is 17.5 Å². The smallest absolute Gasteiger partial charge is 0.254 e. The predicted octanol–water partition coefficient (Wildman–Crippen LogP) is 2.41. The fourth-order valence-corrected chi connectivity index (χ4v) is 2.19. The Labute approximate surface area is 144 Å². The SMILES string of the molecule is COc1ccccc1CNC(=O)CCNC(=O)c1ccc(F)cc1F. The van der Waals surface area contributed by atoms with Gasteiger partial charge >= 0.3 is 0 Å². The molecule has 0 radical (unpaired) electrons. The quantitative estimate of drug-likeness (QED) is 0.807. The van der Waals surface area contributed by atoms with Gasteiger partial charge in [0.15, 0.2) is 0 Å². The molecule has 2 amide bonds. The van der Waals surface area contributed by atoms with E-state index in [2.05, 4.69) is 10.6 Å². The van der Waals surface area contributed by atoms with Crippen LogP contribution in [0.2, 0.25) is 0 Å². The van der Waals surface area contributed by atoms with Crippen molar-refractivity contribution >= 4 is 11.8 Å². The highest BCUT2D eigenvalue weighted by atomic mass is 19.1. The predicted molar refractivity (Wildman–Crippen MR) is 88.1 cm³/mol. The minimum atomic E-state index is -0.946. The minimum Gasteiger partial charge on any atom is -0.496 e. The highest BCUT2D eigenvalue weighted by molar-refractivity contribution is 5.94. The van der Waals surface area contributed by atoms with Gasteiger partial charge in [0.2, 0.25) is 5.91 Å². The maximum absolute atomic E-state index is 13.5. The van der Waals surface area contributed by atoms with Crippen LogP contribution in [0.3, 0.4) is 0 Å². The second kappa shape index (κ2) is 8.77. The van der Waals surface area contributed by atoms with E-state index in [1.165, 1.54) is 0 Å². The summed E-state index contributed by atoms with van der Waals surface area (Å²) < 4.78 is 31.5. The first-order chi connectivity index (χ1) is 12.0. The topological polar surface area (TPSA) is 67.4 Å². The molecule has 25 heavy (non-hydrogen) atoms. The van der Waals surface area contributed by atoms with Gasteiger partial charge in [-0.1, -0.05) is 18.2 Å². The number of para-hydroxylation sites is 1. The zero-order chi connectivity index (χ0) is 18.2. The molecule has 0 spiro atoms. The Morgan fingerprint density at radius 2 is 1.84 bits per heavy atom. The van der Waals surface area contributed by atoms with Crippen molar-refractivity contribution in [3.8, 4) is 5.75 Å². The van der Waals surface area contributed by atoms with Crippen LogP contribution < -0.4 is 15.4 Å². The Kier molecular flexibility index (Phi) is 6.45. The Hall–Kier alpha value is -2.96. The van der Waals surface area contributed by atoms with Crippen LogP contribution in [0, 0.1) is 11.6 Å². The van der Waals surface area contributed by atoms with Gasteiger partial charge < -0.3 is 15.4 Å². The molecule has 2 N–H and O–H groups in total. The summed E-state index contributed by atoms with van der Waals surface area (Å²) in [5.41, 5.74) is 0.562. The third-order valence-corrected chi connectivity index (χ3v) is 3.48. The maximum Gasteiger partial charge on any atom is 0.254 e. The summed E-state index contributed by atoms with van der Waals surface area (Å²) >= 11 is 0. The summed E-state index contributed by atoms with van der Waals surface area (Å²) in [4.78, 5) is 23.6. The molecule has 0 aromatic heterocycles. The zero-order valence-corrected chi connectivity index (χ0v) is 13.6. The van der Waals surface area contributed by atoms with E-state index in [1.807, 2.05) is 18.2 Å². The van der Waals surface area contributed by atoms with Gasteiger partial charge in [-0.05, 0) is 18.2 Å². The van der Waals surface area contributed by atoms with Crippen molar-refractivity contribution in [3.05, 3.63) is 65.2 Å². The number of amides is 2. The van der Waals surface area contributed by atoms with Gasteiger partial charge in [-0.2, -0.15) is 0 Å². The van der Waals surface area contributed by atoms with Crippen molar-refractivity contribution < 1.29 is 23.1 Å². The van der Waals surface area contributed by atoms with Crippen LogP contribution in [0.1, 0.15) is 22.3 Å². The van der Waals surface area contributed by atoms with Crippen LogP contribution in [0.15, 0.2) is 42.5 Å². The summed E-state index contributed by atoms with van der Waals surface area (Å²) in [7, 11) is 1.55.